The first-order valence-corrected chi connectivity index (χ1v) is 11.3. The van der Waals surface area contributed by atoms with Gasteiger partial charge in [-0.3, -0.25) is 0 Å². The van der Waals surface area contributed by atoms with Crippen molar-refractivity contribution < 1.29 is 71.3 Å². The molecule has 0 spiro atoms. The average molecular weight is 608 g/mol. The van der Waals surface area contributed by atoms with Crippen LogP contribution >= 0.6 is 0 Å². The Morgan fingerprint density at radius 1 is 0.564 bits per heavy atom. The van der Waals surface area contributed by atoms with E-state index in [2.05, 4.69) is 0 Å². The van der Waals surface area contributed by atoms with Crippen LogP contribution in [0.25, 0.3) is 0 Å². The average Bonchev–Trinajstić information content (AvgIpc) is 2.72. The summed E-state index contributed by atoms with van der Waals surface area (Å²) in [7, 11) is -5.57. The van der Waals surface area contributed by atoms with Gasteiger partial charge in [0.2, 0.25) is 9.84 Å². The number of sulfone groups is 1. The molecule has 19 heteroatoms. The van der Waals surface area contributed by atoms with Gasteiger partial charge >= 0.3 is 24.7 Å². The third-order valence-corrected chi connectivity index (χ3v) is 7.47. The second-order valence-electron chi connectivity index (χ2n) is 8.32. The fourth-order valence-electron chi connectivity index (χ4n) is 3.51. The Kier molecular flexibility index (Phi) is 7.49. The molecule has 0 saturated carbocycles. The standard InChI is InChI=1S/C20H16F12N2O4S/c1-7-3-9(5-11(13(7)33)15(35,17(21,22)23)18(24,25)26)39(37,38)10-4-8(2)14(34)12(6-10)16(36,19(27,28)29)20(30,31)32/h3-6,35-36H,33-34H2,1-2H3. The molecule has 0 aliphatic rings. The summed E-state index contributed by atoms with van der Waals surface area (Å²) in [4.78, 5) is -3.07. The van der Waals surface area contributed by atoms with Crippen LogP contribution in [0.4, 0.5) is 64.1 Å². The molecule has 0 aromatic heterocycles. The molecule has 0 fully saturated rings. The highest BCUT2D eigenvalue weighted by Gasteiger charge is 2.73. The van der Waals surface area contributed by atoms with E-state index < -0.39 is 89.2 Å². The van der Waals surface area contributed by atoms with E-state index >= 15 is 0 Å². The Balaban J connectivity index is 3.01. The van der Waals surface area contributed by atoms with E-state index in [0.29, 0.717) is 12.1 Å². The maximum Gasteiger partial charge on any atom is 0.430 e. The van der Waals surface area contributed by atoms with Crippen LogP contribution < -0.4 is 11.5 Å². The van der Waals surface area contributed by atoms with Gasteiger partial charge < -0.3 is 21.7 Å². The van der Waals surface area contributed by atoms with Crippen LogP contribution in [0.5, 0.6) is 0 Å². The van der Waals surface area contributed by atoms with Crippen LogP contribution in [-0.4, -0.2) is 43.3 Å². The molecular weight excluding hydrogens is 592 g/mol. The SMILES string of the molecule is Cc1cc(S(=O)(=O)c2cc(C)c(N)c(C(O)(C(F)(F)F)C(F)(F)F)c2)cc(C(O)(C(F)(F)F)C(F)(F)F)c1N. The van der Waals surface area contributed by atoms with Crippen LogP contribution in [0.15, 0.2) is 34.1 Å². The van der Waals surface area contributed by atoms with E-state index in [1.807, 2.05) is 0 Å². The molecule has 0 unspecified atom stereocenters. The number of hydrogen-bond donors (Lipinski definition) is 4. The number of benzene rings is 2. The third-order valence-electron chi connectivity index (χ3n) is 5.76. The van der Waals surface area contributed by atoms with Gasteiger partial charge in [0.15, 0.2) is 0 Å². The minimum absolute atomic E-state index is 0.367. The Morgan fingerprint density at radius 3 is 1.00 bits per heavy atom. The zero-order valence-electron chi connectivity index (χ0n) is 19.1. The number of aryl methyl sites for hydroxylation is 2. The maximum atomic E-state index is 13.4. The zero-order chi connectivity index (χ0) is 30.9. The monoisotopic (exact) mass is 608 g/mol. The normalized spacial score (nSPS) is 14.6. The van der Waals surface area contributed by atoms with Crippen LogP contribution in [-0.2, 0) is 21.0 Å². The summed E-state index contributed by atoms with van der Waals surface area (Å²) in [5, 5.41) is 19.4. The first-order chi connectivity index (χ1) is 17.1. The van der Waals surface area contributed by atoms with Crippen LogP contribution in [0, 0.1) is 13.8 Å². The smallest absolute Gasteiger partial charge is 0.398 e. The molecule has 0 aliphatic carbocycles. The summed E-state index contributed by atoms with van der Waals surface area (Å²) >= 11 is 0. The van der Waals surface area contributed by atoms with Gasteiger partial charge in [-0.15, -0.1) is 0 Å². The predicted molar refractivity (Wildman–Crippen MR) is 109 cm³/mol. The van der Waals surface area contributed by atoms with E-state index in [9.17, 15) is 71.3 Å². The van der Waals surface area contributed by atoms with Gasteiger partial charge in [0.25, 0.3) is 11.2 Å². The van der Waals surface area contributed by atoms with Gasteiger partial charge in [0.05, 0.1) is 9.79 Å². The fourth-order valence-corrected chi connectivity index (χ4v) is 4.99. The highest BCUT2D eigenvalue weighted by molar-refractivity contribution is 7.91. The predicted octanol–water partition coefficient (Wildman–Crippen LogP) is 4.93. The lowest BCUT2D eigenvalue weighted by Gasteiger charge is -2.34. The van der Waals surface area contributed by atoms with Crippen molar-refractivity contribution in [3.8, 4) is 0 Å². The van der Waals surface area contributed by atoms with Gasteiger partial charge in [0.1, 0.15) is 0 Å². The Bertz CT molecular complexity index is 1270. The van der Waals surface area contributed by atoms with Crippen LogP contribution in [0.3, 0.4) is 0 Å². The quantitative estimate of drug-likeness (QED) is 0.288. The lowest BCUT2D eigenvalue weighted by molar-refractivity contribution is -0.376. The Labute approximate surface area is 210 Å². The molecule has 220 valence electrons. The van der Waals surface area contributed by atoms with Gasteiger partial charge in [0, 0.05) is 22.5 Å². The summed E-state index contributed by atoms with van der Waals surface area (Å²) in [6.45, 7) is 1.44. The molecule has 0 bridgehead atoms. The molecule has 2 aromatic rings. The van der Waals surface area contributed by atoms with Crippen LogP contribution in [0.1, 0.15) is 22.3 Å². The third kappa shape index (κ3) is 4.83. The number of anilines is 2. The molecule has 0 heterocycles. The van der Waals surface area contributed by atoms with Crippen molar-refractivity contribution in [1.82, 2.24) is 0 Å². The summed E-state index contributed by atoms with van der Waals surface area (Å²) in [6, 6.07) is -0.00767. The molecule has 2 rings (SSSR count). The zero-order valence-corrected chi connectivity index (χ0v) is 19.9. The summed E-state index contributed by atoms with van der Waals surface area (Å²) in [5.41, 5.74) is -9.72. The van der Waals surface area contributed by atoms with Crippen molar-refractivity contribution in [2.45, 2.75) is 59.5 Å². The van der Waals surface area contributed by atoms with Gasteiger partial charge in [-0.05, 0) is 49.2 Å². The number of alkyl halides is 12. The summed E-state index contributed by atoms with van der Waals surface area (Å²) in [6.07, 6.45) is -26.1. The summed E-state index contributed by atoms with van der Waals surface area (Å²) < 4.78 is 187. The largest absolute Gasteiger partial charge is 0.430 e. The number of hydrogen-bond acceptors (Lipinski definition) is 6. The molecule has 6 N–H and O–H groups in total. The van der Waals surface area contributed by atoms with E-state index in [0.717, 1.165) is 13.8 Å². The second-order valence-corrected chi connectivity index (χ2v) is 10.3. The molecular formula is C20H16F12N2O4S. The molecule has 0 amide bonds. The molecule has 0 aliphatic heterocycles. The lowest BCUT2D eigenvalue weighted by Crippen LogP contribution is -2.54. The number of aliphatic hydroxyl groups is 2. The highest BCUT2D eigenvalue weighted by Crippen LogP contribution is 2.54. The van der Waals surface area contributed by atoms with Crippen molar-refractivity contribution in [2.75, 3.05) is 11.5 Å². The minimum Gasteiger partial charge on any atom is -0.398 e. The van der Waals surface area contributed by atoms with E-state index in [-0.39, 0.29) is 12.1 Å². The second kappa shape index (κ2) is 9.05. The number of rotatable bonds is 4. The van der Waals surface area contributed by atoms with Crippen LogP contribution in [0.2, 0.25) is 0 Å². The molecule has 6 nitrogen and oxygen atoms in total. The highest BCUT2D eigenvalue weighted by atomic mass is 32.2. The fraction of sp³-hybridized carbons (Fsp3) is 0.400. The summed E-state index contributed by atoms with van der Waals surface area (Å²) in [5.74, 6) is 0. The first kappa shape index (κ1) is 32.3. The van der Waals surface area contributed by atoms with Crippen molar-refractivity contribution in [2.24, 2.45) is 0 Å². The number of halogens is 12. The molecule has 0 atom stereocenters. The molecule has 39 heavy (non-hydrogen) atoms. The van der Waals surface area contributed by atoms with Crippen molar-refractivity contribution in [1.29, 1.82) is 0 Å². The van der Waals surface area contributed by atoms with E-state index in [4.69, 9.17) is 11.5 Å². The Hall–Kier alpha value is -2.93. The number of nitrogens with two attached hydrogens (primary N) is 2. The van der Waals surface area contributed by atoms with Crippen molar-refractivity contribution in [3.05, 3.63) is 46.5 Å². The molecule has 0 radical (unpaired) electrons. The Morgan fingerprint density at radius 2 is 0.795 bits per heavy atom. The maximum absolute atomic E-state index is 13.4. The number of nitrogen functional groups attached to an aromatic ring is 2. The topological polar surface area (TPSA) is 127 Å². The van der Waals surface area contributed by atoms with Gasteiger partial charge in [-0.1, -0.05) is 0 Å². The molecule has 2 aromatic carbocycles. The minimum atomic E-state index is -6.53. The lowest BCUT2D eigenvalue weighted by atomic mass is 9.89. The van der Waals surface area contributed by atoms with E-state index in [1.165, 1.54) is 0 Å². The first-order valence-electron chi connectivity index (χ1n) is 9.84. The van der Waals surface area contributed by atoms with Gasteiger partial charge in [-0.25, -0.2) is 8.42 Å². The van der Waals surface area contributed by atoms with Gasteiger partial charge in [-0.2, -0.15) is 52.7 Å². The molecule has 0 saturated heterocycles. The van der Waals surface area contributed by atoms with Crippen molar-refractivity contribution >= 4 is 21.2 Å². The van der Waals surface area contributed by atoms with E-state index in [1.54, 1.807) is 0 Å². The van der Waals surface area contributed by atoms with Crippen molar-refractivity contribution in [3.63, 3.8) is 0 Å².